The fourth-order valence-electron chi connectivity index (χ4n) is 9.02. The summed E-state index contributed by atoms with van der Waals surface area (Å²) in [6.45, 7) is 17.9. The number of nitrogens with zero attached hydrogens (tertiary/aromatic N) is 4. The maximum Gasteiger partial charge on any atom is 2.00 e. The Labute approximate surface area is 408 Å². The Morgan fingerprint density at radius 1 is 0.545 bits per heavy atom. The number of fused-ring (bicyclic) bond motifs is 4. The van der Waals surface area contributed by atoms with Crippen LogP contribution in [-0.2, 0) is 37.3 Å². The van der Waals surface area contributed by atoms with Crippen LogP contribution in [0.1, 0.15) is 88.7 Å². The third-order valence-corrected chi connectivity index (χ3v) is 12.8. The van der Waals surface area contributed by atoms with Crippen molar-refractivity contribution in [2.24, 2.45) is 0 Å². The van der Waals surface area contributed by atoms with E-state index in [2.05, 4.69) is 181 Å². The zero-order valence-electron chi connectivity index (χ0n) is 42.1. The van der Waals surface area contributed by atoms with Gasteiger partial charge in [-0.1, -0.05) is 188 Å². The third kappa shape index (κ3) is 8.04. The molecule has 4 nitrogen and oxygen atoms in total. The van der Waals surface area contributed by atoms with Crippen molar-refractivity contribution >= 4 is 32.8 Å². The van der Waals surface area contributed by atoms with Gasteiger partial charge >= 0.3 is 21.1 Å². The molecule has 330 valence electrons. The Kier molecular flexibility index (Phi) is 10.5. The average Bonchev–Trinajstić information content (AvgIpc) is 3.85. The second-order valence-corrected chi connectivity index (χ2v) is 20.4. The first kappa shape index (κ1) is 41.1. The molecule has 0 aliphatic rings. The van der Waals surface area contributed by atoms with E-state index in [1.54, 1.807) is 12.3 Å². The van der Waals surface area contributed by atoms with Crippen LogP contribution in [0.15, 0.2) is 158 Å². The van der Waals surface area contributed by atoms with Gasteiger partial charge in [-0.05, 0) is 74.4 Å². The summed E-state index contributed by atoms with van der Waals surface area (Å²) >= 11 is 0. The molecule has 3 aromatic heterocycles. The normalized spacial score (nSPS) is 13.1. The van der Waals surface area contributed by atoms with E-state index >= 15 is 0 Å². The molecule has 0 amide bonds. The van der Waals surface area contributed by atoms with Crippen LogP contribution < -0.4 is 0 Å². The average molecular weight is 1040 g/mol. The minimum atomic E-state index is -2.41. The second kappa shape index (κ2) is 16.8. The summed E-state index contributed by atoms with van der Waals surface area (Å²) in [5.74, 6) is 0.716. The predicted molar refractivity (Wildman–Crippen MR) is 273 cm³/mol. The molecular formula is C61H56N4Pt. The molecule has 0 radical (unpaired) electrons. The minimum Gasteiger partial charge on any atom is -0.304 e. The third-order valence-electron chi connectivity index (χ3n) is 12.8. The number of rotatable bonds is 6. The number of benzene rings is 7. The summed E-state index contributed by atoms with van der Waals surface area (Å²) in [5.41, 5.74) is 14.8. The van der Waals surface area contributed by atoms with Gasteiger partial charge in [-0.3, -0.25) is 9.55 Å². The predicted octanol–water partition coefficient (Wildman–Crippen LogP) is 16.0. The summed E-state index contributed by atoms with van der Waals surface area (Å²) in [6, 6.07) is 59.9. The van der Waals surface area contributed by atoms with Crippen LogP contribution >= 0.6 is 0 Å². The molecule has 0 saturated carbocycles. The van der Waals surface area contributed by atoms with E-state index < -0.39 is 6.85 Å². The molecule has 10 rings (SSSR count). The van der Waals surface area contributed by atoms with E-state index in [-0.39, 0.29) is 42.9 Å². The van der Waals surface area contributed by atoms with Crippen molar-refractivity contribution in [2.45, 2.75) is 85.4 Å². The zero-order chi connectivity index (χ0) is 47.9. The molecule has 7 aromatic carbocycles. The molecular weight excluding hydrogens is 984 g/mol. The Morgan fingerprint density at radius 2 is 1.21 bits per heavy atom. The summed E-state index contributed by atoms with van der Waals surface area (Å²) < 4.78 is 30.5. The van der Waals surface area contributed by atoms with Gasteiger partial charge in [-0.25, -0.2) is 4.98 Å². The van der Waals surface area contributed by atoms with Crippen LogP contribution in [0.3, 0.4) is 0 Å². The molecule has 0 bridgehead atoms. The minimum absolute atomic E-state index is 0. The Morgan fingerprint density at radius 3 is 1.91 bits per heavy atom. The van der Waals surface area contributed by atoms with Crippen molar-refractivity contribution in [1.29, 1.82) is 0 Å². The first-order chi connectivity index (χ1) is 32.3. The molecule has 66 heavy (non-hydrogen) atoms. The molecule has 0 saturated heterocycles. The molecule has 0 fully saturated rings. The van der Waals surface area contributed by atoms with Gasteiger partial charge in [0.1, 0.15) is 0 Å². The Hall–Kier alpha value is -6.35. The molecule has 0 atom stereocenters. The quantitative estimate of drug-likeness (QED) is 0.156. The number of hydrogen-bond donors (Lipinski definition) is 0. The molecule has 10 aromatic rings. The number of imidazole rings is 1. The fourth-order valence-corrected chi connectivity index (χ4v) is 9.02. The molecule has 0 N–H and O–H groups in total. The van der Waals surface area contributed by atoms with Crippen molar-refractivity contribution in [1.82, 2.24) is 19.1 Å². The van der Waals surface area contributed by atoms with Gasteiger partial charge in [0.2, 0.25) is 5.95 Å². The van der Waals surface area contributed by atoms with Crippen LogP contribution in [0.2, 0.25) is 0 Å². The van der Waals surface area contributed by atoms with E-state index in [1.165, 1.54) is 16.7 Å². The van der Waals surface area contributed by atoms with Crippen LogP contribution in [0.25, 0.3) is 89.1 Å². The van der Waals surface area contributed by atoms with E-state index in [4.69, 9.17) is 14.1 Å². The Balaban J connectivity index is 0.00000593. The maximum absolute atomic E-state index is 8.63. The van der Waals surface area contributed by atoms with Crippen molar-refractivity contribution in [3.8, 4) is 56.3 Å². The SMILES string of the molecule is [2H]C([2H])([2H])c1ccc(-c2cccc3c2nc(-n2c4[c-]cc(C(C)(C)C)cc4c4cc(C(C)(C)C)ccc42)n3-c2ccc(C(C)(C)C)cc2-c2ccccc2)[c-]c1-c1cc(-c2ccccc2)ccn1.[Pt+2]. The number of aromatic nitrogens is 4. The van der Waals surface area contributed by atoms with Crippen LogP contribution in [0, 0.1) is 19.0 Å². The number of para-hydroxylation sites is 1. The smallest absolute Gasteiger partial charge is 0.304 e. The molecule has 0 aliphatic carbocycles. The summed E-state index contributed by atoms with van der Waals surface area (Å²) in [7, 11) is 0. The van der Waals surface area contributed by atoms with Crippen LogP contribution in [0.5, 0.6) is 0 Å². The number of pyridine rings is 1. The monoisotopic (exact) mass is 1040 g/mol. The fraction of sp³-hybridized carbons (Fsp3) is 0.213. The zero-order valence-corrected chi connectivity index (χ0v) is 41.4. The van der Waals surface area contributed by atoms with E-state index in [0.717, 1.165) is 66.3 Å². The number of aryl methyl sites for hydroxylation is 1. The van der Waals surface area contributed by atoms with Crippen molar-refractivity contribution in [2.75, 3.05) is 0 Å². The van der Waals surface area contributed by atoms with E-state index in [1.807, 2.05) is 48.5 Å². The molecule has 3 heterocycles. The summed E-state index contributed by atoms with van der Waals surface area (Å²) in [4.78, 5) is 10.5. The van der Waals surface area contributed by atoms with Crippen molar-refractivity contribution in [3.05, 3.63) is 192 Å². The molecule has 5 heteroatoms. The van der Waals surface area contributed by atoms with E-state index in [9.17, 15) is 0 Å². The summed E-state index contributed by atoms with van der Waals surface area (Å²) in [5, 5.41) is 2.26. The number of hydrogen-bond acceptors (Lipinski definition) is 2. The van der Waals surface area contributed by atoms with Crippen molar-refractivity contribution in [3.63, 3.8) is 0 Å². The topological polar surface area (TPSA) is 35.6 Å². The van der Waals surface area contributed by atoms with Crippen LogP contribution in [0.4, 0.5) is 0 Å². The van der Waals surface area contributed by atoms with E-state index in [0.29, 0.717) is 22.8 Å². The second-order valence-electron chi connectivity index (χ2n) is 20.4. The molecule has 0 unspecified atom stereocenters. The first-order valence-electron chi connectivity index (χ1n) is 24.1. The Bertz CT molecular complexity index is 3470. The van der Waals surface area contributed by atoms with Gasteiger partial charge in [0.15, 0.2) is 0 Å². The van der Waals surface area contributed by atoms with Gasteiger partial charge in [0, 0.05) is 27.1 Å². The molecule has 0 aliphatic heterocycles. The van der Waals surface area contributed by atoms with Gasteiger partial charge in [0.25, 0.3) is 0 Å². The standard InChI is InChI=1S/C61H56N4.Pt/c1-39-24-25-43(34-48(39)52-35-42(32-33-62-52)40-18-13-11-14-19-40)47-22-17-23-56-57(47)63-58(65(56)53-29-26-44(59(2,3)4)36-49(53)41-20-15-12-16-21-41)64-54-30-27-45(60(5,6)7)37-50(54)51-38-46(61(8,9)10)28-31-55(51)64;/h11-30,32-33,35-38H,1-10H3;/q-2;+2/i1D3;. The molecule has 0 spiro atoms. The first-order valence-corrected chi connectivity index (χ1v) is 22.6. The maximum atomic E-state index is 8.63. The van der Waals surface area contributed by atoms with Gasteiger partial charge in [0.05, 0.1) is 16.7 Å². The van der Waals surface area contributed by atoms with Gasteiger partial charge in [-0.15, -0.1) is 40.3 Å². The summed E-state index contributed by atoms with van der Waals surface area (Å²) in [6.07, 6.45) is 1.74. The van der Waals surface area contributed by atoms with Gasteiger partial charge < -0.3 is 4.57 Å². The largest absolute Gasteiger partial charge is 2.00 e. The van der Waals surface area contributed by atoms with Crippen molar-refractivity contribution < 1.29 is 25.2 Å². The van der Waals surface area contributed by atoms with Crippen LogP contribution in [-0.4, -0.2) is 19.1 Å². The van der Waals surface area contributed by atoms with Gasteiger partial charge in [-0.2, -0.15) is 18.2 Å².